The van der Waals surface area contributed by atoms with Crippen LogP contribution in [0.15, 0.2) is 29.3 Å². The average Bonchev–Trinajstić information content (AvgIpc) is 2.43. The molecule has 0 heterocycles. The summed E-state index contributed by atoms with van der Waals surface area (Å²) in [6.07, 6.45) is 2.10. The number of hydrogen-bond acceptors (Lipinski definition) is 3. The molecule has 1 aromatic rings. The van der Waals surface area contributed by atoms with Crippen LogP contribution in [0, 0.1) is 0 Å². The topological polar surface area (TPSA) is 39.7 Å². The normalized spacial score (nSPS) is 10.7. The third-order valence-electron chi connectivity index (χ3n) is 2.73. The van der Waals surface area contributed by atoms with Gasteiger partial charge in [-0.1, -0.05) is 12.1 Å². The second kappa shape index (κ2) is 11.1. The van der Waals surface area contributed by atoms with Crippen LogP contribution in [0.4, 0.5) is 5.69 Å². The van der Waals surface area contributed by atoms with Crippen molar-refractivity contribution < 1.29 is 0 Å². The van der Waals surface area contributed by atoms with Crippen molar-refractivity contribution >= 4 is 47.4 Å². The number of rotatable bonds is 6. The van der Waals surface area contributed by atoms with Crippen LogP contribution in [0.5, 0.6) is 0 Å². The fourth-order valence-electron chi connectivity index (χ4n) is 1.59. The van der Waals surface area contributed by atoms with Crippen molar-refractivity contribution in [2.45, 2.75) is 6.54 Å². The number of benzene rings is 1. The summed E-state index contributed by atoms with van der Waals surface area (Å²) in [5.74, 6) is 1.93. The van der Waals surface area contributed by atoms with Crippen LogP contribution < -0.4 is 15.5 Å². The van der Waals surface area contributed by atoms with Gasteiger partial charge >= 0.3 is 0 Å². The Morgan fingerprint density at radius 3 is 2.35 bits per heavy atom. The lowest BCUT2D eigenvalue weighted by Gasteiger charge is -2.14. The fourth-order valence-corrected chi connectivity index (χ4v) is 1.90. The van der Waals surface area contributed by atoms with Crippen molar-refractivity contribution in [3.8, 4) is 0 Å². The third kappa shape index (κ3) is 7.23. The first-order valence-corrected chi connectivity index (χ1v) is 7.76. The number of thioether (sulfide) groups is 1. The largest absolute Gasteiger partial charge is 0.378 e. The number of aliphatic imine (C=N–C) groups is 1. The molecule has 0 aliphatic heterocycles. The summed E-state index contributed by atoms with van der Waals surface area (Å²) in [5, 5.41) is 6.59. The standard InChI is InChI=1S/C14H24N4S.HI/c1-15-14(16-9-10-19-4)17-11-12-5-7-13(8-6-12)18(2)3;/h5-8H,9-11H2,1-4H3,(H2,15,16,17);1H. The first kappa shape index (κ1) is 19.4. The number of anilines is 1. The Morgan fingerprint density at radius 2 is 1.85 bits per heavy atom. The first-order valence-electron chi connectivity index (χ1n) is 6.37. The van der Waals surface area contributed by atoms with Gasteiger partial charge in [-0.15, -0.1) is 24.0 Å². The molecule has 1 rings (SSSR count). The van der Waals surface area contributed by atoms with Crippen molar-refractivity contribution in [3.63, 3.8) is 0 Å². The van der Waals surface area contributed by atoms with E-state index in [1.54, 1.807) is 7.05 Å². The van der Waals surface area contributed by atoms with Crippen LogP contribution in [0.25, 0.3) is 0 Å². The molecule has 0 atom stereocenters. The predicted octanol–water partition coefficient (Wildman–Crippen LogP) is 2.40. The zero-order valence-corrected chi connectivity index (χ0v) is 15.8. The SMILES string of the molecule is CN=C(NCCSC)NCc1ccc(N(C)C)cc1.I. The van der Waals surface area contributed by atoms with E-state index in [1.807, 2.05) is 25.9 Å². The Hall–Kier alpha value is -0.630. The van der Waals surface area contributed by atoms with Crippen LogP contribution in [0.2, 0.25) is 0 Å². The van der Waals surface area contributed by atoms with E-state index in [-0.39, 0.29) is 24.0 Å². The number of hydrogen-bond donors (Lipinski definition) is 2. The highest BCUT2D eigenvalue weighted by Crippen LogP contribution is 2.11. The van der Waals surface area contributed by atoms with E-state index in [9.17, 15) is 0 Å². The van der Waals surface area contributed by atoms with Gasteiger partial charge in [0.2, 0.25) is 0 Å². The van der Waals surface area contributed by atoms with Crippen molar-refractivity contribution in [1.29, 1.82) is 0 Å². The lowest BCUT2D eigenvalue weighted by molar-refractivity contribution is 0.833. The van der Waals surface area contributed by atoms with E-state index >= 15 is 0 Å². The molecule has 0 aromatic heterocycles. The summed E-state index contributed by atoms with van der Waals surface area (Å²) >= 11 is 1.82. The van der Waals surface area contributed by atoms with Gasteiger partial charge in [0, 0.05) is 45.7 Å². The van der Waals surface area contributed by atoms with Gasteiger partial charge in [-0.3, -0.25) is 4.99 Å². The highest BCUT2D eigenvalue weighted by Gasteiger charge is 1.99. The van der Waals surface area contributed by atoms with Gasteiger partial charge in [0.25, 0.3) is 0 Å². The number of halogens is 1. The van der Waals surface area contributed by atoms with E-state index in [2.05, 4.69) is 51.0 Å². The molecule has 0 fully saturated rings. The molecule has 0 aliphatic rings. The predicted molar refractivity (Wildman–Crippen MR) is 103 cm³/mol. The molecule has 1 aromatic carbocycles. The molecular formula is C14H25IN4S. The highest BCUT2D eigenvalue weighted by molar-refractivity contribution is 14.0. The van der Waals surface area contributed by atoms with Gasteiger partial charge in [-0.05, 0) is 24.0 Å². The summed E-state index contributed by atoms with van der Waals surface area (Å²) in [6.45, 7) is 1.72. The minimum absolute atomic E-state index is 0. The zero-order valence-electron chi connectivity index (χ0n) is 12.6. The van der Waals surface area contributed by atoms with Crippen molar-refractivity contribution in [3.05, 3.63) is 29.8 Å². The van der Waals surface area contributed by atoms with E-state index < -0.39 is 0 Å². The molecule has 2 N–H and O–H groups in total. The van der Waals surface area contributed by atoms with E-state index in [4.69, 9.17) is 0 Å². The van der Waals surface area contributed by atoms with Crippen LogP contribution in [-0.2, 0) is 6.54 Å². The molecule has 0 bridgehead atoms. The average molecular weight is 408 g/mol. The molecule has 6 heteroatoms. The quantitative estimate of drug-likeness (QED) is 0.328. The second-order valence-electron chi connectivity index (χ2n) is 4.41. The minimum Gasteiger partial charge on any atom is -0.378 e. The maximum Gasteiger partial charge on any atom is 0.191 e. The zero-order chi connectivity index (χ0) is 14.1. The maximum absolute atomic E-state index is 4.20. The second-order valence-corrected chi connectivity index (χ2v) is 5.39. The number of nitrogens with zero attached hydrogens (tertiary/aromatic N) is 2. The van der Waals surface area contributed by atoms with Gasteiger partial charge in [-0.25, -0.2) is 0 Å². The Balaban J connectivity index is 0.00000361. The smallest absolute Gasteiger partial charge is 0.191 e. The minimum atomic E-state index is 0. The fraction of sp³-hybridized carbons (Fsp3) is 0.500. The molecule has 0 spiro atoms. The Kier molecular flexibility index (Phi) is 10.7. The summed E-state index contributed by atoms with van der Waals surface area (Å²) < 4.78 is 0. The van der Waals surface area contributed by atoms with Gasteiger partial charge in [0.1, 0.15) is 0 Å². The Bertz CT molecular complexity index is 393. The molecule has 0 radical (unpaired) electrons. The van der Waals surface area contributed by atoms with Crippen LogP contribution >= 0.6 is 35.7 Å². The van der Waals surface area contributed by atoms with Crippen molar-refractivity contribution in [1.82, 2.24) is 10.6 Å². The molecule has 0 saturated carbocycles. The summed E-state index contributed by atoms with van der Waals surface area (Å²) in [4.78, 5) is 6.29. The van der Waals surface area contributed by atoms with Gasteiger partial charge in [0.15, 0.2) is 5.96 Å². The van der Waals surface area contributed by atoms with Crippen LogP contribution in [0.1, 0.15) is 5.56 Å². The lowest BCUT2D eigenvalue weighted by atomic mass is 10.2. The van der Waals surface area contributed by atoms with E-state index in [0.717, 1.165) is 24.8 Å². The molecule has 114 valence electrons. The van der Waals surface area contributed by atoms with Gasteiger partial charge in [0.05, 0.1) is 0 Å². The summed E-state index contributed by atoms with van der Waals surface area (Å²) in [5.41, 5.74) is 2.46. The van der Waals surface area contributed by atoms with E-state index in [1.165, 1.54) is 11.3 Å². The molecule has 0 unspecified atom stereocenters. The maximum atomic E-state index is 4.20. The number of guanidine groups is 1. The monoisotopic (exact) mass is 408 g/mol. The molecule has 20 heavy (non-hydrogen) atoms. The molecular weight excluding hydrogens is 383 g/mol. The lowest BCUT2D eigenvalue weighted by Crippen LogP contribution is -2.37. The summed E-state index contributed by atoms with van der Waals surface area (Å²) in [6, 6.07) is 8.52. The Morgan fingerprint density at radius 1 is 1.20 bits per heavy atom. The van der Waals surface area contributed by atoms with Gasteiger partial charge in [-0.2, -0.15) is 11.8 Å². The molecule has 0 amide bonds. The highest BCUT2D eigenvalue weighted by atomic mass is 127. The molecule has 4 nitrogen and oxygen atoms in total. The molecule has 0 saturated heterocycles. The van der Waals surface area contributed by atoms with Crippen molar-refractivity contribution in [2.24, 2.45) is 4.99 Å². The van der Waals surface area contributed by atoms with Crippen molar-refractivity contribution in [2.75, 3.05) is 44.6 Å². The van der Waals surface area contributed by atoms with Crippen LogP contribution in [-0.4, -0.2) is 45.7 Å². The summed E-state index contributed by atoms with van der Waals surface area (Å²) in [7, 11) is 5.89. The van der Waals surface area contributed by atoms with Gasteiger partial charge < -0.3 is 15.5 Å². The van der Waals surface area contributed by atoms with E-state index in [0.29, 0.717) is 0 Å². The first-order chi connectivity index (χ1) is 9.17. The number of nitrogens with one attached hydrogen (secondary N) is 2. The molecule has 0 aliphatic carbocycles. The van der Waals surface area contributed by atoms with Crippen LogP contribution in [0.3, 0.4) is 0 Å². The Labute approximate surface area is 143 Å². The third-order valence-corrected chi connectivity index (χ3v) is 3.35.